The van der Waals surface area contributed by atoms with Gasteiger partial charge in [0.05, 0.1) is 38.4 Å². The molecule has 222 valence electrons. The third-order valence-electron chi connectivity index (χ3n) is 7.48. The number of nitrogens with zero attached hydrogens (tertiary/aromatic N) is 1. The first-order chi connectivity index (χ1) is 19.0. The Morgan fingerprint density at radius 2 is 1.52 bits per heavy atom. The normalized spacial score (nSPS) is 21.5. The number of ketones is 2. The molecule has 2 saturated heterocycles. The topological polar surface area (TPSA) is 117 Å². The molecule has 2 fully saturated rings. The predicted octanol–water partition coefficient (Wildman–Crippen LogP) is 2.56. The van der Waals surface area contributed by atoms with Gasteiger partial charge in [-0.3, -0.25) is 24.1 Å². The minimum Gasteiger partial charge on any atom is -0.379 e. The SMILES string of the molecule is CC(C)C[C@H](NC(=O)CN1CCOCC1)C(=O)C[C@@H](Cc1ccccc1)C(=O)N[C@@H](CC(C)C)C(=O)[C@@]1(C)CO1. The average molecular weight is 558 g/mol. The van der Waals surface area contributed by atoms with Crippen molar-refractivity contribution >= 4 is 23.4 Å². The van der Waals surface area contributed by atoms with Gasteiger partial charge in [-0.15, -0.1) is 0 Å². The molecule has 2 N–H and O–H groups in total. The Morgan fingerprint density at radius 1 is 0.925 bits per heavy atom. The van der Waals surface area contributed by atoms with Crippen molar-refractivity contribution in [2.24, 2.45) is 17.8 Å². The second kappa shape index (κ2) is 14.8. The van der Waals surface area contributed by atoms with E-state index < -0.39 is 23.6 Å². The molecule has 2 amide bonds. The van der Waals surface area contributed by atoms with Crippen LogP contribution < -0.4 is 10.6 Å². The molecule has 9 nitrogen and oxygen atoms in total. The summed E-state index contributed by atoms with van der Waals surface area (Å²) in [4.78, 5) is 55.4. The van der Waals surface area contributed by atoms with Crippen molar-refractivity contribution in [1.29, 1.82) is 0 Å². The standard InChI is InChI=1S/C31H47N3O6/c1-21(2)15-25(32-28(36)19-34-11-13-39-14-12-34)27(35)18-24(17-23-9-7-6-8-10-23)30(38)33-26(16-22(3)4)29(37)31(5)20-40-31/h6-10,21-22,24-26H,11-20H2,1-5H3,(H,32,36)(H,33,38)/t24-,25+,26+,31-/m1/s1. The highest BCUT2D eigenvalue weighted by atomic mass is 16.6. The molecular weight excluding hydrogens is 510 g/mol. The van der Waals surface area contributed by atoms with Crippen LogP contribution in [0.2, 0.25) is 0 Å². The van der Waals surface area contributed by atoms with Gasteiger partial charge in [0.1, 0.15) is 5.60 Å². The van der Waals surface area contributed by atoms with Gasteiger partial charge in [0.2, 0.25) is 11.8 Å². The molecule has 0 spiro atoms. The number of rotatable bonds is 16. The van der Waals surface area contributed by atoms with Gasteiger partial charge >= 0.3 is 0 Å². The number of carbonyl (C=O) groups is 4. The summed E-state index contributed by atoms with van der Waals surface area (Å²) in [5, 5.41) is 5.91. The number of hydrogen-bond donors (Lipinski definition) is 2. The lowest BCUT2D eigenvalue weighted by molar-refractivity contribution is -0.135. The summed E-state index contributed by atoms with van der Waals surface area (Å²) < 4.78 is 10.7. The molecule has 2 heterocycles. The van der Waals surface area contributed by atoms with Crippen molar-refractivity contribution in [2.45, 2.75) is 78.0 Å². The van der Waals surface area contributed by atoms with Crippen LogP contribution in [0, 0.1) is 17.8 Å². The third-order valence-corrected chi connectivity index (χ3v) is 7.48. The van der Waals surface area contributed by atoms with E-state index in [1.165, 1.54) is 0 Å². The Kier molecular flexibility index (Phi) is 11.8. The van der Waals surface area contributed by atoms with Crippen LogP contribution in [-0.2, 0) is 35.1 Å². The van der Waals surface area contributed by atoms with Crippen LogP contribution in [-0.4, -0.2) is 85.4 Å². The zero-order valence-corrected chi connectivity index (χ0v) is 24.7. The monoisotopic (exact) mass is 557 g/mol. The molecule has 1 aromatic carbocycles. The Hall–Kier alpha value is -2.62. The molecule has 2 aliphatic rings. The lowest BCUT2D eigenvalue weighted by Crippen LogP contribution is -2.50. The molecule has 2 aliphatic heterocycles. The molecule has 0 unspecified atom stereocenters. The van der Waals surface area contributed by atoms with Crippen molar-refractivity contribution in [1.82, 2.24) is 15.5 Å². The summed E-state index contributed by atoms with van der Waals surface area (Å²) in [7, 11) is 0. The number of Topliss-reactive ketones (excluding diaryl/α,β-unsaturated/α-hetero) is 2. The number of epoxide rings is 1. The summed E-state index contributed by atoms with van der Waals surface area (Å²) in [6.45, 7) is 12.8. The number of morpholine rings is 1. The fraction of sp³-hybridized carbons (Fsp3) is 0.677. The zero-order valence-electron chi connectivity index (χ0n) is 24.7. The van der Waals surface area contributed by atoms with Gasteiger partial charge in [-0.1, -0.05) is 58.0 Å². The van der Waals surface area contributed by atoms with Crippen LogP contribution in [0.25, 0.3) is 0 Å². The van der Waals surface area contributed by atoms with Crippen LogP contribution in [0.3, 0.4) is 0 Å². The molecule has 0 aliphatic carbocycles. The van der Waals surface area contributed by atoms with Gasteiger partial charge in [-0.05, 0) is 43.6 Å². The van der Waals surface area contributed by atoms with Crippen molar-refractivity contribution in [3.63, 3.8) is 0 Å². The van der Waals surface area contributed by atoms with E-state index >= 15 is 0 Å². The Morgan fingerprint density at radius 3 is 2.10 bits per heavy atom. The Bertz CT molecular complexity index is 1000. The highest BCUT2D eigenvalue weighted by molar-refractivity contribution is 5.98. The van der Waals surface area contributed by atoms with E-state index in [1.807, 2.05) is 62.9 Å². The lowest BCUT2D eigenvalue weighted by Gasteiger charge is -2.28. The number of nitrogens with one attached hydrogen (secondary N) is 2. The highest BCUT2D eigenvalue weighted by Crippen LogP contribution is 2.30. The highest BCUT2D eigenvalue weighted by Gasteiger charge is 2.50. The van der Waals surface area contributed by atoms with Crippen molar-refractivity contribution < 1.29 is 28.7 Å². The van der Waals surface area contributed by atoms with Crippen LogP contribution in [0.1, 0.15) is 59.4 Å². The smallest absolute Gasteiger partial charge is 0.234 e. The molecule has 9 heteroatoms. The Labute approximate surface area is 238 Å². The fourth-order valence-corrected chi connectivity index (χ4v) is 5.10. The molecule has 0 aromatic heterocycles. The second-order valence-electron chi connectivity index (χ2n) is 12.3. The van der Waals surface area contributed by atoms with Crippen molar-refractivity contribution in [2.75, 3.05) is 39.5 Å². The summed E-state index contributed by atoms with van der Waals surface area (Å²) in [5.74, 6) is -1.17. The lowest BCUT2D eigenvalue weighted by atomic mass is 9.88. The van der Waals surface area contributed by atoms with E-state index in [1.54, 1.807) is 6.92 Å². The number of ether oxygens (including phenoxy) is 2. The summed E-state index contributed by atoms with van der Waals surface area (Å²) in [6, 6.07) is 8.18. The minimum absolute atomic E-state index is 0.0354. The van der Waals surface area contributed by atoms with Gasteiger partial charge in [0.25, 0.3) is 0 Å². The van der Waals surface area contributed by atoms with E-state index in [-0.39, 0.29) is 48.2 Å². The van der Waals surface area contributed by atoms with Gasteiger partial charge in [-0.2, -0.15) is 0 Å². The maximum absolute atomic E-state index is 13.7. The predicted molar refractivity (Wildman–Crippen MR) is 153 cm³/mol. The summed E-state index contributed by atoms with van der Waals surface area (Å²) in [5.41, 5.74) is 0.0708. The minimum atomic E-state index is -0.856. The molecule has 0 bridgehead atoms. The van der Waals surface area contributed by atoms with Gasteiger partial charge < -0.3 is 20.1 Å². The first-order valence-corrected chi connectivity index (χ1v) is 14.6. The maximum atomic E-state index is 13.7. The summed E-state index contributed by atoms with van der Waals surface area (Å²) in [6.07, 6.45) is 1.29. The van der Waals surface area contributed by atoms with Gasteiger partial charge in [0.15, 0.2) is 11.6 Å². The molecule has 1 aromatic rings. The quantitative estimate of drug-likeness (QED) is 0.300. The van der Waals surface area contributed by atoms with E-state index in [9.17, 15) is 19.2 Å². The number of carbonyl (C=O) groups excluding carboxylic acids is 4. The molecular formula is C31H47N3O6. The first-order valence-electron chi connectivity index (χ1n) is 14.6. The molecule has 40 heavy (non-hydrogen) atoms. The number of hydrogen-bond acceptors (Lipinski definition) is 7. The summed E-state index contributed by atoms with van der Waals surface area (Å²) >= 11 is 0. The molecule has 0 saturated carbocycles. The average Bonchev–Trinajstić information content (AvgIpc) is 3.66. The van der Waals surface area contributed by atoms with Gasteiger partial charge in [0, 0.05) is 25.4 Å². The third kappa shape index (κ3) is 10.1. The van der Waals surface area contributed by atoms with Crippen LogP contribution in [0.4, 0.5) is 0 Å². The van der Waals surface area contributed by atoms with E-state index in [0.29, 0.717) is 52.2 Å². The largest absolute Gasteiger partial charge is 0.379 e. The molecule has 0 radical (unpaired) electrons. The second-order valence-corrected chi connectivity index (χ2v) is 12.3. The van der Waals surface area contributed by atoms with Crippen LogP contribution in [0.5, 0.6) is 0 Å². The molecule has 3 rings (SSSR count). The van der Waals surface area contributed by atoms with E-state index in [0.717, 1.165) is 5.56 Å². The van der Waals surface area contributed by atoms with Gasteiger partial charge in [-0.25, -0.2) is 0 Å². The zero-order chi connectivity index (χ0) is 29.3. The van der Waals surface area contributed by atoms with E-state index in [2.05, 4.69) is 10.6 Å². The van der Waals surface area contributed by atoms with Crippen LogP contribution >= 0.6 is 0 Å². The fourth-order valence-electron chi connectivity index (χ4n) is 5.10. The van der Waals surface area contributed by atoms with Crippen molar-refractivity contribution in [3.8, 4) is 0 Å². The molecule has 4 atom stereocenters. The number of amides is 2. The van der Waals surface area contributed by atoms with Crippen molar-refractivity contribution in [3.05, 3.63) is 35.9 Å². The maximum Gasteiger partial charge on any atom is 0.234 e. The number of benzene rings is 1. The van der Waals surface area contributed by atoms with Crippen LogP contribution in [0.15, 0.2) is 30.3 Å². The Balaban J connectivity index is 1.74. The van der Waals surface area contributed by atoms with E-state index in [4.69, 9.17) is 9.47 Å². The first kappa shape index (κ1) is 31.9.